The first-order valence-corrected chi connectivity index (χ1v) is 14.0. The van der Waals surface area contributed by atoms with E-state index in [1.807, 2.05) is 12.1 Å². The molecule has 2 rings (SSSR count). The minimum atomic E-state index is -4.39. The highest BCUT2D eigenvalue weighted by molar-refractivity contribution is 7.52. The second-order valence-electron chi connectivity index (χ2n) is 8.21. The van der Waals surface area contributed by atoms with Crippen molar-refractivity contribution in [2.45, 2.75) is 32.6 Å². The van der Waals surface area contributed by atoms with Gasteiger partial charge in [-0.15, -0.1) is 4.76 Å². The zero-order valence-electron chi connectivity index (χ0n) is 22.7. The van der Waals surface area contributed by atoms with E-state index >= 15 is 0 Å². The van der Waals surface area contributed by atoms with Crippen molar-refractivity contribution in [1.82, 2.24) is 4.90 Å². The van der Waals surface area contributed by atoms with Gasteiger partial charge in [-0.05, 0) is 17.5 Å². The van der Waals surface area contributed by atoms with E-state index in [4.69, 9.17) is 33.7 Å². The standard InChI is InChI=1S/C26H34N3O11P/c1-3-22(23(30)31)29(2)24(27)28-41(34,39-16-14-35-25(32)37-18-20-10-6-4-7-11-20)40-17-15-36-26(33)38-19-21-12-8-5-9-13-21/h4-13,22H,3,14-19H2,1-2H3,(H,30,31)(H2,27,28,34). The van der Waals surface area contributed by atoms with Crippen molar-refractivity contribution in [2.24, 2.45) is 10.5 Å². The van der Waals surface area contributed by atoms with Gasteiger partial charge >= 0.3 is 26.0 Å². The lowest BCUT2D eigenvalue weighted by molar-refractivity contribution is -0.141. The van der Waals surface area contributed by atoms with Gasteiger partial charge in [0.15, 0.2) is 0 Å². The molecule has 0 saturated heterocycles. The van der Waals surface area contributed by atoms with Crippen molar-refractivity contribution in [3.05, 3.63) is 71.8 Å². The summed E-state index contributed by atoms with van der Waals surface area (Å²) in [4.78, 5) is 36.2. The van der Waals surface area contributed by atoms with Crippen LogP contribution >= 0.6 is 7.75 Å². The number of carboxylic acid groups (broad SMARTS) is 1. The van der Waals surface area contributed by atoms with Gasteiger partial charge in [-0.25, -0.2) is 18.9 Å². The van der Waals surface area contributed by atoms with Gasteiger partial charge in [0.2, 0.25) is 5.96 Å². The number of carbonyl (C=O) groups excluding carboxylic acids is 2. The predicted octanol–water partition coefficient (Wildman–Crippen LogP) is 3.94. The number of likely N-dealkylation sites (N-methyl/N-ethyl adjacent to an activating group) is 1. The van der Waals surface area contributed by atoms with Crippen LogP contribution in [-0.4, -0.2) is 73.8 Å². The molecular formula is C26H34N3O11P. The van der Waals surface area contributed by atoms with Gasteiger partial charge in [0.1, 0.15) is 32.5 Å². The SMILES string of the molecule is CCC(C(=O)O)N(C)C(N)=NP(=O)(OCCOC(=O)OCc1ccccc1)OCCOC(=O)OCc1ccccc1. The van der Waals surface area contributed by atoms with Crippen LogP contribution in [0.15, 0.2) is 65.4 Å². The molecule has 0 aliphatic carbocycles. The van der Waals surface area contributed by atoms with Gasteiger partial charge in [-0.3, -0.25) is 9.05 Å². The van der Waals surface area contributed by atoms with E-state index in [-0.39, 0.29) is 32.8 Å². The van der Waals surface area contributed by atoms with E-state index in [0.717, 1.165) is 16.0 Å². The van der Waals surface area contributed by atoms with Crippen molar-refractivity contribution in [2.75, 3.05) is 33.5 Å². The maximum atomic E-state index is 13.3. The van der Waals surface area contributed by atoms with Crippen LogP contribution in [0.2, 0.25) is 0 Å². The Bertz CT molecular complexity index is 1110. The molecule has 2 aromatic rings. The van der Waals surface area contributed by atoms with Crippen LogP contribution in [-0.2, 0) is 50.6 Å². The van der Waals surface area contributed by atoms with Crippen LogP contribution in [0.25, 0.3) is 0 Å². The Morgan fingerprint density at radius 2 is 1.27 bits per heavy atom. The molecular weight excluding hydrogens is 561 g/mol. The molecule has 0 heterocycles. The number of guanidine groups is 1. The largest absolute Gasteiger partial charge is 0.508 e. The Labute approximate surface area is 237 Å². The summed E-state index contributed by atoms with van der Waals surface area (Å²) in [6.45, 7) is -0.0146. The Balaban J connectivity index is 1.90. The number of nitrogens with zero attached hydrogens (tertiary/aromatic N) is 2. The fourth-order valence-corrected chi connectivity index (χ4v) is 4.33. The van der Waals surface area contributed by atoms with Crippen molar-refractivity contribution < 1.29 is 52.1 Å². The van der Waals surface area contributed by atoms with E-state index in [1.165, 1.54) is 7.05 Å². The molecule has 0 aliphatic heterocycles. The molecule has 0 fully saturated rings. The summed E-state index contributed by atoms with van der Waals surface area (Å²) in [5, 5.41) is 9.37. The summed E-state index contributed by atoms with van der Waals surface area (Å²) in [7, 11) is -3.04. The molecule has 0 amide bonds. The average Bonchev–Trinajstić information content (AvgIpc) is 2.96. The monoisotopic (exact) mass is 595 g/mol. The Kier molecular flexibility index (Phi) is 14.1. The summed E-state index contributed by atoms with van der Waals surface area (Å²) in [6.07, 6.45) is -1.79. The maximum Gasteiger partial charge on any atom is 0.508 e. The topological polar surface area (TPSA) is 186 Å². The first-order chi connectivity index (χ1) is 19.6. The predicted molar refractivity (Wildman–Crippen MR) is 146 cm³/mol. The molecule has 15 heteroatoms. The average molecular weight is 596 g/mol. The molecule has 1 atom stereocenters. The smallest absolute Gasteiger partial charge is 0.480 e. The summed E-state index contributed by atoms with van der Waals surface area (Å²) in [6, 6.07) is 16.8. The fourth-order valence-electron chi connectivity index (χ4n) is 3.14. The first-order valence-electron chi connectivity index (χ1n) is 12.5. The molecule has 224 valence electrons. The number of ether oxygens (including phenoxy) is 4. The second kappa shape index (κ2) is 17.5. The van der Waals surface area contributed by atoms with Gasteiger partial charge in [0.05, 0.1) is 13.2 Å². The van der Waals surface area contributed by atoms with E-state index in [1.54, 1.807) is 55.5 Å². The number of carboxylic acids is 1. The number of hydrogen-bond donors (Lipinski definition) is 2. The number of nitrogens with two attached hydrogens (primary N) is 1. The zero-order valence-corrected chi connectivity index (χ0v) is 23.6. The van der Waals surface area contributed by atoms with E-state index in [0.29, 0.717) is 0 Å². The Hall–Kier alpha value is -4.13. The quantitative estimate of drug-likeness (QED) is 0.0935. The Morgan fingerprint density at radius 1 is 0.829 bits per heavy atom. The lowest BCUT2D eigenvalue weighted by Crippen LogP contribution is -2.45. The number of hydrogen-bond acceptors (Lipinski definition) is 10. The van der Waals surface area contributed by atoms with Crippen molar-refractivity contribution in [1.29, 1.82) is 0 Å². The number of benzene rings is 2. The molecule has 3 N–H and O–H groups in total. The molecule has 14 nitrogen and oxygen atoms in total. The summed E-state index contributed by atoms with van der Waals surface area (Å²) < 4.78 is 47.3. The highest BCUT2D eigenvalue weighted by Crippen LogP contribution is 2.49. The van der Waals surface area contributed by atoms with Crippen LogP contribution in [0, 0.1) is 0 Å². The van der Waals surface area contributed by atoms with Gasteiger partial charge in [0, 0.05) is 7.05 Å². The molecule has 0 aromatic heterocycles. The molecule has 0 aliphatic rings. The summed E-state index contributed by atoms with van der Waals surface area (Å²) >= 11 is 0. The molecule has 41 heavy (non-hydrogen) atoms. The third-order valence-electron chi connectivity index (χ3n) is 5.24. The lowest BCUT2D eigenvalue weighted by Gasteiger charge is -2.25. The van der Waals surface area contributed by atoms with Crippen molar-refractivity contribution in [3.63, 3.8) is 0 Å². The van der Waals surface area contributed by atoms with Gasteiger partial charge in [-0.2, -0.15) is 0 Å². The second-order valence-corrected chi connectivity index (χ2v) is 9.87. The summed E-state index contributed by atoms with van der Waals surface area (Å²) in [5.41, 5.74) is 7.39. The molecule has 0 saturated carbocycles. The van der Waals surface area contributed by atoms with Crippen LogP contribution in [0.4, 0.5) is 9.59 Å². The van der Waals surface area contributed by atoms with Gasteiger partial charge in [0.25, 0.3) is 0 Å². The highest BCUT2D eigenvalue weighted by atomic mass is 31.2. The minimum absolute atomic E-state index is 0.00868. The van der Waals surface area contributed by atoms with Crippen LogP contribution in [0.5, 0.6) is 0 Å². The molecule has 0 bridgehead atoms. The molecule has 0 radical (unpaired) electrons. The van der Waals surface area contributed by atoms with Crippen LogP contribution < -0.4 is 5.73 Å². The minimum Gasteiger partial charge on any atom is -0.480 e. The van der Waals surface area contributed by atoms with E-state index in [2.05, 4.69) is 4.76 Å². The van der Waals surface area contributed by atoms with Crippen molar-refractivity contribution >= 4 is 32.0 Å². The zero-order chi connectivity index (χ0) is 30.1. The summed E-state index contributed by atoms with van der Waals surface area (Å²) in [5.74, 6) is -1.61. The van der Waals surface area contributed by atoms with E-state index < -0.39 is 51.2 Å². The molecule has 1 unspecified atom stereocenters. The number of carbonyl (C=O) groups is 3. The van der Waals surface area contributed by atoms with E-state index in [9.17, 15) is 24.1 Å². The molecule has 2 aromatic carbocycles. The normalized spacial score (nSPS) is 12.2. The number of aliphatic carboxylic acids is 1. The third-order valence-corrected chi connectivity index (χ3v) is 6.71. The fraction of sp³-hybridized carbons (Fsp3) is 0.385. The lowest BCUT2D eigenvalue weighted by atomic mass is 10.2. The van der Waals surface area contributed by atoms with Crippen molar-refractivity contribution in [3.8, 4) is 0 Å². The van der Waals surface area contributed by atoms with Crippen LogP contribution in [0.3, 0.4) is 0 Å². The number of rotatable bonds is 16. The van der Waals surface area contributed by atoms with Gasteiger partial charge < -0.3 is 34.7 Å². The first kappa shape index (κ1) is 33.1. The molecule has 0 spiro atoms. The highest BCUT2D eigenvalue weighted by Gasteiger charge is 2.29. The van der Waals surface area contributed by atoms with Crippen LogP contribution in [0.1, 0.15) is 24.5 Å². The maximum absolute atomic E-state index is 13.3. The Morgan fingerprint density at radius 3 is 1.66 bits per heavy atom. The third kappa shape index (κ3) is 12.7. The van der Waals surface area contributed by atoms with Gasteiger partial charge in [-0.1, -0.05) is 67.6 Å².